The van der Waals surface area contributed by atoms with Gasteiger partial charge in [-0.05, 0) is 45.7 Å². The van der Waals surface area contributed by atoms with Gasteiger partial charge < -0.3 is 9.88 Å². The molecule has 0 amide bonds. The first-order chi connectivity index (χ1) is 9.97. The van der Waals surface area contributed by atoms with Gasteiger partial charge in [-0.15, -0.1) is 0 Å². The van der Waals surface area contributed by atoms with E-state index in [1.165, 1.54) is 12.8 Å². The Balaban J connectivity index is 2.14. The summed E-state index contributed by atoms with van der Waals surface area (Å²) in [6.45, 7) is 5.44. The summed E-state index contributed by atoms with van der Waals surface area (Å²) in [5.41, 5.74) is 0.994. The zero-order valence-corrected chi connectivity index (χ0v) is 14.0. The van der Waals surface area contributed by atoms with Crippen molar-refractivity contribution in [2.24, 2.45) is 5.92 Å². The van der Waals surface area contributed by atoms with E-state index in [-0.39, 0.29) is 6.04 Å². The van der Waals surface area contributed by atoms with Gasteiger partial charge in [0.25, 0.3) is 0 Å². The number of hydrogen-bond acceptors (Lipinski definition) is 3. The normalized spacial score (nSPS) is 18.2. The van der Waals surface area contributed by atoms with Gasteiger partial charge in [-0.25, -0.2) is 13.1 Å². The summed E-state index contributed by atoms with van der Waals surface area (Å²) in [6.07, 6.45) is 6.43. The number of aryl methyl sites for hydroxylation is 1. The standard InChI is InChI=1S/C15H27N3O2S/c1-4-18-11-15(9-14(18)10-16-3)21(19,20)17-12(2)13-7-5-6-8-13/h9,11-13,16-17H,4-8,10H2,1-3H3. The third-order valence-corrected chi connectivity index (χ3v) is 5.94. The van der Waals surface area contributed by atoms with Crippen molar-refractivity contribution < 1.29 is 8.42 Å². The van der Waals surface area contributed by atoms with Gasteiger partial charge in [0.1, 0.15) is 0 Å². The van der Waals surface area contributed by atoms with Crippen LogP contribution in [-0.2, 0) is 23.1 Å². The van der Waals surface area contributed by atoms with Crippen LogP contribution in [0, 0.1) is 5.92 Å². The lowest BCUT2D eigenvalue weighted by Gasteiger charge is -2.19. The Hall–Kier alpha value is -0.850. The molecule has 1 unspecified atom stereocenters. The molecule has 0 spiro atoms. The number of aromatic nitrogens is 1. The van der Waals surface area contributed by atoms with Gasteiger partial charge in [-0.2, -0.15) is 0 Å². The van der Waals surface area contributed by atoms with Gasteiger partial charge in [0, 0.05) is 31.0 Å². The number of nitrogens with one attached hydrogen (secondary N) is 2. The first kappa shape index (κ1) is 16.5. The Kier molecular flexibility index (Phi) is 5.46. The van der Waals surface area contributed by atoms with Crippen LogP contribution in [0.25, 0.3) is 0 Å². The number of rotatable bonds is 7. The van der Waals surface area contributed by atoms with E-state index < -0.39 is 10.0 Å². The van der Waals surface area contributed by atoms with Gasteiger partial charge >= 0.3 is 0 Å². The number of nitrogens with zero attached hydrogens (tertiary/aromatic N) is 1. The molecule has 0 bridgehead atoms. The third kappa shape index (κ3) is 3.87. The maximum absolute atomic E-state index is 12.5. The van der Waals surface area contributed by atoms with Crippen molar-refractivity contribution in [1.29, 1.82) is 0 Å². The highest BCUT2D eigenvalue weighted by molar-refractivity contribution is 7.89. The molecule has 0 aromatic carbocycles. The average molecular weight is 313 g/mol. The van der Waals surface area contributed by atoms with Gasteiger partial charge in [-0.3, -0.25) is 0 Å². The summed E-state index contributed by atoms with van der Waals surface area (Å²) in [5.74, 6) is 0.477. The molecule has 1 saturated carbocycles. The van der Waals surface area contributed by atoms with Crippen LogP contribution in [0.15, 0.2) is 17.2 Å². The van der Waals surface area contributed by atoms with Crippen LogP contribution >= 0.6 is 0 Å². The van der Waals surface area contributed by atoms with E-state index >= 15 is 0 Å². The third-order valence-electron chi connectivity index (χ3n) is 4.42. The number of hydrogen-bond donors (Lipinski definition) is 2. The molecular weight excluding hydrogens is 286 g/mol. The lowest BCUT2D eigenvalue weighted by Crippen LogP contribution is -2.37. The van der Waals surface area contributed by atoms with Crippen molar-refractivity contribution in [2.75, 3.05) is 7.05 Å². The van der Waals surface area contributed by atoms with E-state index in [9.17, 15) is 8.42 Å². The molecule has 120 valence electrons. The fraction of sp³-hybridized carbons (Fsp3) is 0.733. The molecular formula is C15H27N3O2S. The second-order valence-corrected chi connectivity index (χ2v) is 7.65. The minimum Gasteiger partial charge on any atom is -0.349 e. The van der Waals surface area contributed by atoms with E-state index in [4.69, 9.17) is 0 Å². The van der Waals surface area contributed by atoms with Crippen LogP contribution in [0.2, 0.25) is 0 Å². The van der Waals surface area contributed by atoms with Crippen LogP contribution in [0.5, 0.6) is 0 Å². The second-order valence-electron chi connectivity index (χ2n) is 5.94. The van der Waals surface area contributed by atoms with Gasteiger partial charge in [0.15, 0.2) is 0 Å². The molecule has 21 heavy (non-hydrogen) atoms. The van der Waals surface area contributed by atoms with E-state index in [0.717, 1.165) is 25.1 Å². The molecule has 1 aromatic rings. The minimum atomic E-state index is -3.43. The van der Waals surface area contributed by atoms with E-state index in [1.54, 1.807) is 12.3 Å². The van der Waals surface area contributed by atoms with Crippen molar-refractivity contribution >= 4 is 10.0 Å². The molecule has 2 rings (SSSR count). The van der Waals surface area contributed by atoms with Crippen molar-refractivity contribution in [2.45, 2.75) is 63.6 Å². The van der Waals surface area contributed by atoms with Crippen LogP contribution in [0.3, 0.4) is 0 Å². The smallest absolute Gasteiger partial charge is 0.242 e. The molecule has 1 heterocycles. The maximum atomic E-state index is 12.5. The highest BCUT2D eigenvalue weighted by Crippen LogP contribution is 2.28. The van der Waals surface area contributed by atoms with E-state index in [0.29, 0.717) is 17.4 Å². The first-order valence-electron chi connectivity index (χ1n) is 7.84. The minimum absolute atomic E-state index is 0.00947. The Morgan fingerprint density at radius 2 is 2.05 bits per heavy atom. The highest BCUT2D eigenvalue weighted by atomic mass is 32.2. The molecule has 6 heteroatoms. The molecule has 0 saturated heterocycles. The number of sulfonamides is 1. The van der Waals surface area contributed by atoms with Gasteiger partial charge in [0.05, 0.1) is 4.90 Å². The summed E-state index contributed by atoms with van der Waals surface area (Å²) >= 11 is 0. The molecule has 5 nitrogen and oxygen atoms in total. The summed E-state index contributed by atoms with van der Waals surface area (Å²) in [4.78, 5) is 0.374. The molecule has 1 aliphatic carbocycles. The van der Waals surface area contributed by atoms with Crippen molar-refractivity contribution in [3.8, 4) is 0 Å². The molecule has 1 aliphatic rings. The van der Waals surface area contributed by atoms with E-state index in [1.807, 2.05) is 25.5 Å². The summed E-state index contributed by atoms with van der Waals surface area (Å²) in [5, 5.41) is 3.07. The van der Waals surface area contributed by atoms with Crippen LogP contribution in [0.4, 0.5) is 0 Å². The Morgan fingerprint density at radius 3 is 2.62 bits per heavy atom. The zero-order valence-electron chi connectivity index (χ0n) is 13.2. The Labute approximate surface area is 128 Å². The lowest BCUT2D eigenvalue weighted by atomic mass is 10.0. The van der Waals surface area contributed by atoms with Gasteiger partial charge in [0.2, 0.25) is 10.0 Å². The zero-order chi connectivity index (χ0) is 15.5. The van der Waals surface area contributed by atoms with Crippen LogP contribution in [-0.4, -0.2) is 26.1 Å². The van der Waals surface area contributed by atoms with Gasteiger partial charge in [-0.1, -0.05) is 12.8 Å². The summed E-state index contributed by atoms with van der Waals surface area (Å²) in [7, 11) is -1.56. The molecule has 0 radical (unpaired) electrons. The van der Waals surface area contributed by atoms with E-state index in [2.05, 4.69) is 10.0 Å². The van der Waals surface area contributed by atoms with Crippen LogP contribution < -0.4 is 10.0 Å². The highest BCUT2D eigenvalue weighted by Gasteiger charge is 2.27. The van der Waals surface area contributed by atoms with Crippen LogP contribution in [0.1, 0.15) is 45.2 Å². The predicted molar refractivity (Wildman–Crippen MR) is 84.6 cm³/mol. The maximum Gasteiger partial charge on any atom is 0.242 e. The predicted octanol–water partition coefficient (Wildman–Crippen LogP) is 2.08. The quantitative estimate of drug-likeness (QED) is 0.810. The molecule has 2 N–H and O–H groups in total. The van der Waals surface area contributed by atoms with Crippen molar-refractivity contribution in [3.05, 3.63) is 18.0 Å². The molecule has 0 aliphatic heterocycles. The monoisotopic (exact) mass is 313 g/mol. The summed E-state index contributed by atoms with van der Waals surface area (Å²) in [6, 6.07) is 1.78. The Bertz CT molecular complexity index is 559. The molecule has 1 fully saturated rings. The topological polar surface area (TPSA) is 63.1 Å². The largest absolute Gasteiger partial charge is 0.349 e. The second kappa shape index (κ2) is 6.94. The SMILES string of the molecule is CCn1cc(S(=O)(=O)NC(C)C2CCCC2)cc1CNC. The van der Waals surface area contributed by atoms with Crippen molar-refractivity contribution in [3.63, 3.8) is 0 Å². The fourth-order valence-electron chi connectivity index (χ4n) is 3.16. The first-order valence-corrected chi connectivity index (χ1v) is 9.32. The van der Waals surface area contributed by atoms with Crippen molar-refractivity contribution in [1.82, 2.24) is 14.6 Å². The average Bonchev–Trinajstić information content (AvgIpc) is 3.08. The fourth-order valence-corrected chi connectivity index (χ4v) is 4.54. The Morgan fingerprint density at radius 1 is 1.38 bits per heavy atom. The lowest BCUT2D eigenvalue weighted by molar-refractivity contribution is 0.424. The molecule has 1 aromatic heterocycles. The molecule has 1 atom stereocenters. The summed E-state index contributed by atoms with van der Waals surface area (Å²) < 4.78 is 29.9.